The van der Waals surface area contributed by atoms with E-state index in [2.05, 4.69) is 12.1 Å². The van der Waals surface area contributed by atoms with Crippen LogP contribution in [0.4, 0.5) is 10.5 Å². The highest BCUT2D eigenvalue weighted by Crippen LogP contribution is 2.61. The van der Waals surface area contributed by atoms with E-state index in [0.717, 1.165) is 16.9 Å². The van der Waals surface area contributed by atoms with E-state index >= 15 is 0 Å². The molecule has 0 saturated carbocycles. The Balaban J connectivity index is 1.57. The van der Waals surface area contributed by atoms with Gasteiger partial charge in [0.1, 0.15) is 11.3 Å². The number of hydrogen-bond donors (Lipinski definition) is 0. The summed E-state index contributed by atoms with van der Waals surface area (Å²) in [4.78, 5) is 31.0. The lowest BCUT2D eigenvalue weighted by Gasteiger charge is -2.34. The third-order valence-electron chi connectivity index (χ3n) is 7.09. The van der Waals surface area contributed by atoms with Gasteiger partial charge < -0.3 is 9.64 Å². The van der Waals surface area contributed by atoms with Crippen molar-refractivity contribution in [2.75, 3.05) is 11.5 Å². The highest BCUT2D eigenvalue weighted by Gasteiger charge is 2.70. The molecule has 3 heterocycles. The van der Waals surface area contributed by atoms with Gasteiger partial charge in [0, 0.05) is 17.4 Å². The molecule has 5 nitrogen and oxygen atoms in total. The SMILES string of the molecule is C[C@@]12C(=O)N(c3ccccc3)C(=O)N1C1c3ccccc3OCC1C2c1ccccc1. The number of hydrogen-bond acceptors (Lipinski definition) is 3. The normalized spacial score (nSPS) is 28.7. The largest absolute Gasteiger partial charge is 0.493 e. The zero-order chi connectivity index (χ0) is 21.2. The molecule has 0 radical (unpaired) electrons. The van der Waals surface area contributed by atoms with Crippen LogP contribution in [0.3, 0.4) is 0 Å². The van der Waals surface area contributed by atoms with E-state index in [-0.39, 0.29) is 29.8 Å². The first-order chi connectivity index (χ1) is 15.1. The van der Waals surface area contributed by atoms with E-state index in [1.807, 2.05) is 84.6 Å². The first kappa shape index (κ1) is 18.2. The summed E-state index contributed by atoms with van der Waals surface area (Å²) in [7, 11) is 0. The summed E-state index contributed by atoms with van der Waals surface area (Å²) in [6.07, 6.45) is 0. The number of urea groups is 1. The predicted molar refractivity (Wildman–Crippen MR) is 117 cm³/mol. The van der Waals surface area contributed by atoms with Crippen LogP contribution in [0.2, 0.25) is 0 Å². The van der Waals surface area contributed by atoms with Crippen molar-refractivity contribution in [2.24, 2.45) is 5.92 Å². The Hall–Kier alpha value is -3.60. The van der Waals surface area contributed by atoms with Crippen molar-refractivity contribution in [3.05, 3.63) is 96.1 Å². The minimum absolute atomic E-state index is 0.00637. The maximum absolute atomic E-state index is 14.0. The number of rotatable bonds is 2. The van der Waals surface area contributed by atoms with Gasteiger partial charge in [0.15, 0.2) is 0 Å². The molecule has 2 fully saturated rings. The third-order valence-corrected chi connectivity index (χ3v) is 7.09. The molecule has 3 amide bonds. The Labute approximate surface area is 180 Å². The fraction of sp³-hybridized carbons (Fsp3) is 0.231. The molecule has 3 aliphatic rings. The first-order valence-corrected chi connectivity index (χ1v) is 10.6. The predicted octanol–water partition coefficient (Wildman–Crippen LogP) is 4.76. The molecule has 5 heteroatoms. The molecule has 0 bridgehead atoms. The van der Waals surface area contributed by atoms with Gasteiger partial charge in [0.05, 0.1) is 18.3 Å². The molecular weight excluding hydrogens is 388 g/mol. The number of amides is 3. The van der Waals surface area contributed by atoms with Crippen LogP contribution in [0.5, 0.6) is 5.75 Å². The fourth-order valence-corrected chi connectivity index (χ4v) is 5.84. The fourth-order valence-electron chi connectivity index (χ4n) is 5.84. The summed E-state index contributed by atoms with van der Waals surface area (Å²) < 4.78 is 6.12. The molecule has 2 saturated heterocycles. The van der Waals surface area contributed by atoms with Gasteiger partial charge in [0.2, 0.25) is 0 Å². The number of anilines is 1. The van der Waals surface area contributed by atoms with Crippen molar-refractivity contribution in [1.29, 1.82) is 0 Å². The third kappa shape index (κ3) is 2.31. The molecule has 0 aliphatic carbocycles. The molecule has 3 aromatic carbocycles. The molecule has 0 N–H and O–H groups in total. The second-order valence-corrected chi connectivity index (χ2v) is 8.62. The van der Waals surface area contributed by atoms with Crippen molar-refractivity contribution in [1.82, 2.24) is 4.90 Å². The minimum Gasteiger partial charge on any atom is -0.493 e. The molecule has 3 aromatic rings. The molecule has 4 atom stereocenters. The van der Waals surface area contributed by atoms with Crippen molar-refractivity contribution in [3.63, 3.8) is 0 Å². The van der Waals surface area contributed by atoms with E-state index in [1.54, 1.807) is 0 Å². The number of fused-ring (bicyclic) bond motifs is 5. The number of carbonyl (C=O) groups is 2. The lowest BCUT2D eigenvalue weighted by atomic mass is 9.73. The number of para-hydroxylation sites is 2. The lowest BCUT2D eigenvalue weighted by molar-refractivity contribution is -0.124. The standard InChI is InChI=1S/C26H22N2O3/c1-26-22(17-10-4-2-5-11-17)20-16-31-21-15-9-8-14-19(21)23(20)28(26)25(30)27(24(26)29)18-12-6-3-7-13-18/h2-15,20,22-23H,16H2,1H3/t20?,22?,23?,26-/m1/s1. The highest BCUT2D eigenvalue weighted by molar-refractivity contribution is 6.24. The van der Waals surface area contributed by atoms with Crippen LogP contribution >= 0.6 is 0 Å². The lowest BCUT2D eigenvalue weighted by Crippen LogP contribution is -2.46. The monoisotopic (exact) mass is 410 g/mol. The average molecular weight is 410 g/mol. The van der Waals surface area contributed by atoms with Crippen molar-refractivity contribution < 1.29 is 14.3 Å². The molecule has 154 valence electrons. The zero-order valence-corrected chi connectivity index (χ0v) is 17.1. The van der Waals surface area contributed by atoms with Crippen molar-refractivity contribution in [2.45, 2.75) is 24.4 Å². The van der Waals surface area contributed by atoms with Crippen molar-refractivity contribution in [3.8, 4) is 5.75 Å². The van der Waals surface area contributed by atoms with Crippen LogP contribution < -0.4 is 9.64 Å². The van der Waals surface area contributed by atoms with E-state index in [9.17, 15) is 9.59 Å². The summed E-state index contributed by atoms with van der Waals surface area (Å²) in [5.74, 6) is 0.438. The second kappa shape index (κ2) is 6.45. The topological polar surface area (TPSA) is 49.9 Å². The number of imide groups is 1. The second-order valence-electron chi connectivity index (χ2n) is 8.62. The van der Waals surface area contributed by atoms with Crippen LogP contribution in [0.25, 0.3) is 0 Å². The molecule has 3 aliphatic heterocycles. The van der Waals surface area contributed by atoms with E-state index in [1.165, 1.54) is 4.90 Å². The van der Waals surface area contributed by atoms with Gasteiger partial charge in [-0.3, -0.25) is 4.79 Å². The Morgan fingerprint density at radius 2 is 1.52 bits per heavy atom. The van der Waals surface area contributed by atoms with Gasteiger partial charge in [-0.25, -0.2) is 9.69 Å². The molecule has 0 aromatic heterocycles. The average Bonchev–Trinajstić information content (AvgIpc) is 3.20. The van der Waals surface area contributed by atoms with Gasteiger partial charge in [-0.15, -0.1) is 0 Å². The van der Waals surface area contributed by atoms with Crippen LogP contribution in [-0.2, 0) is 4.79 Å². The van der Waals surface area contributed by atoms with E-state index in [0.29, 0.717) is 12.3 Å². The molecular formula is C26H22N2O3. The van der Waals surface area contributed by atoms with Gasteiger partial charge in [-0.05, 0) is 30.7 Å². The number of benzene rings is 3. The Kier molecular flexibility index (Phi) is 3.78. The van der Waals surface area contributed by atoms with Crippen molar-refractivity contribution >= 4 is 17.6 Å². The zero-order valence-electron chi connectivity index (χ0n) is 17.1. The number of nitrogens with zero attached hydrogens (tertiary/aromatic N) is 2. The Morgan fingerprint density at radius 3 is 2.26 bits per heavy atom. The summed E-state index contributed by atoms with van der Waals surface area (Å²) >= 11 is 0. The number of carbonyl (C=O) groups excluding carboxylic acids is 2. The van der Waals surface area contributed by atoms with Crippen LogP contribution in [0, 0.1) is 5.92 Å². The maximum Gasteiger partial charge on any atom is 0.332 e. The van der Waals surface area contributed by atoms with Gasteiger partial charge in [0.25, 0.3) is 5.91 Å². The molecule has 6 rings (SSSR count). The van der Waals surface area contributed by atoms with Crippen LogP contribution in [0.1, 0.15) is 30.0 Å². The van der Waals surface area contributed by atoms with Gasteiger partial charge in [-0.1, -0.05) is 66.7 Å². The van der Waals surface area contributed by atoms with Gasteiger partial charge >= 0.3 is 6.03 Å². The van der Waals surface area contributed by atoms with Crippen LogP contribution in [0.15, 0.2) is 84.9 Å². The molecule has 3 unspecified atom stereocenters. The number of ether oxygens (including phenoxy) is 1. The summed E-state index contributed by atoms with van der Waals surface area (Å²) in [5.41, 5.74) is 1.64. The summed E-state index contributed by atoms with van der Waals surface area (Å²) in [6, 6.07) is 26.7. The highest BCUT2D eigenvalue weighted by atomic mass is 16.5. The summed E-state index contributed by atoms with van der Waals surface area (Å²) in [5, 5.41) is 0. The summed E-state index contributed by atoms with van der Waals surface area (Å²) in [6.45, 7) is 2.40. The van der Waals surface area contributed by atoms with Gasteiger partial charge in [-0.2, -0.15) is 0 Å². The van der Waals surface area contributed by atoms with E-state index in [4.69, 9.17) is 4.74 Å². The quantitative estimate of drug-likeness (QED) is 0.573. The Bertz CT molecular complexity index is 1180. The molecule has 0 spiro atoms. The maximum atomic E-state index is 14.0. The van der Waals surface area contributed by atoms with Crippen LogP contribution in [-0.4, -0.2) is 29.0 Å². The molecule has 31 heavy (non-hydrogen) atoms. The van der Waals surface area contributed by atoms with E-state index < -0.39 is 5.54 Å². The first-order valence-electron chi connectivity index (χ1n) is 10.6. The minimum atomic E-state index is -0.996. The Morgan fingerprint density at radius 1 is 0.871 bits per heavy atom. The smallest absolute Gasteiger partial charge is 0.332 e.